The van der Waals surface area contributed by atoms with Gasteiger partial charge in [-0.2, -0.15) is 0 Å². The summed E-state index contributed by atoms with van der Waals surface area (Å²) in [5.74, 6) is 0.875. The molecule has 1 saturated heterocycles. The second-order valence-corrected chi connectivity index (χ2v) is 10.5. The lowest BCUT2D eigenvalue weighted by Gasteiger charge is -2.35. The van der Waals surface area contributed by atoms with Crippen LogP contribution in [0, 0.1) is 11.8 Å². The maximum absolute atomic E-state index is 13.0. The highest BCUT2D eigenvalue weighted by molar-refractivity contribution is 6.30. The smallest absolute Gasteiger partial charge is 0.317 e. The average Bonchev–Trinajstić information content (AvgIpc) is 2.85. The Kier molecular flexibility index (Phi) is 11.6. The van der Waals surface area contributed by atoms with E-state index in [0.29, 0.717) is 24.7 Å². The Bertz CT molecular complexity index is 802. The maximum atomic E-state index is 13.0. The fourth-order valence-electron chi connectivity index (χ4n) is 5.45. The number of benzene rings is 1. The van der Waals surface area contributed by atoms with Crippen LogP contribution in [0.25, 0.3) is 0 Å². The normalized spacial score (nSPS) is 19.9. The van der Waals surface area contributed by atoms with Gasteiger partial charge in [-0.3, -0.25) is 4.79 Å². The molecule has 1 heterocycles. The van der Waals surface area contributed by atoms with Gasteiger partial charge in [0.1, 0.15) is 6.61 Å². The monoisotopic (exact) mass is 506 g/mol. The quantitative estimate of drug-likeness (QED) is 0.456. The molecule has 0 radical (unpaired) electrons. The Balaban J connectivity index is 1.43. The first-order valence-corrected chi connectivity index (χ1v) is 13.7. The number of likely N-dealkylation sites (tertiary alicyclic amines) is 1. The fraction of sp³-hybridized carbons (Fsp3) is 0.704. The lowest BCUT2D eigenvalue weighted by atomic mass is 9.85. The number of nitrogens with one attached hydrogen (secondary N) is 2. The highest BCUT2D eigenvalue weighted by Crippen LogP contribution is 2.27. The van der Waals surface area contributed by atoms with Crippen LogP contribution in [0.5, 0.6) is 0 Å². The van der Waals surface area contributed by atoms with Gasteiger partial charge in [0.25, 0.3) is 5.91 Å². The molecule has 2 aliphatic rings. The number of piperidine rings is 1. The average molecular weight is 507 g/mol. The zero-order valence-corrected chi connectivity index (χ0v) is 22.2. The number of halogens is 1. The maximum Gasteiger partial charge on any atom is 0.317 e. The highest BCUT2D eigenvalue weighted by Gasteiger charge is 2.27. The Morgan fingerprint density at radius 2 is 1.94 bits per heavy atom. The SMILES string of the molecule is CCN(C(=O)COC[C@@H]1CCCN(C(=O)N[C@H](CNC)CC2CCCCC2)C1)c1cccc(Cl)c1. The Morgan fingerprint density at radius 1 is 1.17 bits per heavy atom. The van der Waals surface area contributed by atoms with E-state index in [2.05, 4.69) is 10.6 Å². The van der Waals surface area contributed by atoms with Crippen LogP contribution in [-0.2, 0) is 9.53 Å². The Labute approximate surface area is 215 Å². The van der Waals surface area contributed by atoms with E-state index in [1.807, 2.05) is 31.0 Å². The number of amides is 3. The second-order valence-electron chi connectivity index (χ2n) is 10.0. The fourth-order valence-corrected chi connectivity index (χ4v) is 5.64. The molecular formula is C27H43ClN4O3. The lowest BCUT2D eigenvalue weighted by Crippen LogP contribution is -2.51. The summed E-state index contributed by atoms with van der Waals surface area (Å²) >= 11 is 6.08. The van der Waals surface area contributed by atoms with Crippen molar-refractivity contribution in [3.8, 4) is 0 Å². The number of hydrogen-bond donors (Lipinski definition) is 2. The van der Waals surface area contributed by atoms with E-state index in [4.69, 9.17) is 16.3 Å². The van der Waals surface area contributed by atoms with Gasteiger partial charge in [-0.25, -0.2) is 4.79 Å². The van der Waals surface area contributed by atoms with Gasteiger partial charge in [0.2, 0.25) is 0 Å². The van der Waals surface area contributed by atoms with Gasteiger partial charge in [-0.1, -0.05) is 49.8 Å². The Hall–Kier alpha value is -1.83. The second kappa shape index (κ2) is 14.7. The van der Waals surface area contributed by atoms with Gasteiger partial charge in [-0.05, 0) is 57.4 Å². The lowest BCUT2D eigenvalue weighted by molar-refractivity contribution is -0.123. The van der Waals surface area contributed by atoms with E-state index in [-0.39, 0.29) is 30.5 Å². The molecule has 196 valence electrons. The molecule has 8 heteroatoms. The molecule has 0 aromatic heterocycles. The van der Waals surface area contributed by atoms with Crippen LogP contribution in [-0.4, -0.2) is 69.3 Å². The number of nitrogens with zero attached hydrogens (tertiary/aromatic N) is 2. The summed E-state index contributed by atoms with van der Waals surface area (Å²) in [6.45, 7) is 5.22. The third kappa shape index (κ3) is 8.96. The van der Waals surface area contributed by atoms with Gasteiger partial charge in [-0.15, -0.1) is 0 Å². The summed E-state index contributed by atoms with van der Waals surface area (Å²) in [5, 5.41) is 7.14. The minimum atomic E-state index is -0.0854. The molecule has 0 spiro atoms. The van der Waals surface area contributed by atoms with E-state index < -0.39 is 0 Å². The molecule has 1 aliphatic carbocycles. The minimum absolute atomic E-state index is 0.0225. The molecule has 3 amide bonds. The molecule has 2 atom stereocenters. The first kappa shape index (κ1) is 27.8. The molecule has 1 aromatic rings. The number of anilines is 1. The van der Waals surface area contributed by atoms with Crippen molar-refractivity contribution in [1.29, 1.82) is 0 Å². The predicted octanol–water partition coefficient (Wildman–Crippen LogP) is 4.69. The van der Waals surface area contributed by atoms with Crippen molar-refractivity contribution in [2.75, 3.05) is 51.3 Å². The molecule has 2 fully saturated rings. The van der Waals surface area contributed by atoms with Crippen molar-refractivity contribution in [2.45, 2.75) is 64.3 Å². The number of likely N-dealkylation sites (N-methyl/N-ethyl adjacent to an activating group) is 2. The third-order valence-electron chi connectivity index (χ3n) is 7.24. The van der Waals surface area contributed by atoms with Crippen molar-refractivity contribution in [3.63, 3.8) is 0 Å². The summed E-state index contributed by atoms with van der Waals surface area (Å²) in [4.78, 5) is 29.4. The number of carbonyl (C=O) groups excluding carboxylic acids is 2. The number of ether oxygens (including phenoxy) is 1. The van der Waals surface area contributed by atoms with Gasteiger partial charge in [0.15, 0.2) is 0 Å². The van der Waals surface area contributed by atoms with E-state index >= 15 is 0 Å². The van der Waals surface area contributed by atoms with E-state index in [1.165, 1.54) is 32.1 Å². The van der Waals surface area contributed by atoms with Gasteiger partial charge < -0.3 is 25.2 Å². The number of rotatable bonds is 11. The van der Waals surface area contributed by atoms with Gasteiger partial charge >= 0.3 is 6.03 Å². The molecule has 2 N–H and O–H groups in total. The highest BCUT2D eigenvalue weighted by atomic mass is 35.5. The van der Waals surface area contributed by atoms with E-state index in [1.54, 1.807) is 17.0 Å². The zero-order valence-electron chi connectivity index (χ0n) is 21.4. The molecule has 1 aliphatic heterocycles. The van der Waals surface area contributed by atoms with Crippen LogP contribution in [0.2, 0.25) is 5.02 Å². The summed E-state index contributed by atoms with van der Waals surface area (Å²) < 4.78 is 5.83. The molecule has 1 aromatic carbocycles. The summed E-state index contributed by atoms with van der Waals surface area (Å²) in [6.07, 6.45) is 9.56. The topological polar surface area (TPSA) is 73.9 Å². The van der Waals surface area contributed by atoms with Crippen LogP contribution in [0.15, 0.2) is 24.3 Å². The predicted molar refractivity (Wildman–Crippen MR) is 142 cm³/mol. The van der Waals surface area contributed by atoms with Crippen molar-refractivity contribution < 1.29 is 14.3 Å². The molecule has 0 bridgehead atoms. The zero-order chi connectivity index (χ0) is 25.0. The van der Waals surface area contributed by atoms with Gasteiger partial charge in [0.05, 0.1) is 6.61 Å². The molecular weight excluding hydrogens is 464 g/mol. The summed E-state index contributed by atoms with van der Waals surface area (Å²) in [6, 6.07) is 7.49. The van der Waals surface area contributed by atoms with Gasteiger partial charge in [0, 0.05) is 48.8 Å². The number of carbonyl (C=O) groups is 2. The third-order valence-corrected chi connectivity index (χ3v) is 7.48. The standard InChI is InChI=1S/C27H43ClN4O3/c1-3-32(25-13-7-12-23(28)16-25)26(33)20-35-19-22-11-8-14-31(18-22)27(34)30-24(17-29-2)15-21-9-5-4-6-10-21/h7,12-13,16,21-22,24,29H,3-6,8-11,14-15,17-20H2,1-2H3,(H,30,34)/t22-,24+/m1/s1. The largest absolute Gasteiger partial charge is 0.371 e. The van der Waals surface area contributed by atoms with Crippen molar-refractivity contribution in [3.05, 3.63) is 29.3 Å². The van der Waals surface area contributed by atoms with E-state index in [9.17, 15) is 9.59 Å². The van der Waals surface area contributed by atoms with Crippen LogP contribution >= 0.6 is 11.6 Å². The van der Waals surface area contributed by atoms with Crippen LogP contribution in [0.3, 0.4) is 0 Å². The molecule has 1 saturated carbocycles. The summed E-state index contributed by atoms with van der Waals surface area (Å²) in [5.41, 5.74) is 0.776. The number of hydrogen-bond acceptors (Lipinski definition) is 4. The van der Waals surface area contributed by atoms with Crippen molar-refractivity contribution >= 4 is 29.2 Å². The Morgan fingerprint density at radius 3 is 2.66 bits per heavy atom. The van der Waals surface area contributed by atoms with E-state index in [0.717, 1.165) is 44.0 Å². The van der Waals surface area contributed by atoms with Crippen LogP contribution < -0.4 is 15.5 Å². The molecule has 7 nitrogen and oxygen atoms in total. The van der Waals surface area contributed by atoms with Crippen LogP contribution in [0.4, 0.5) is 10.5 Å². The number of urea groups is 1. The first-order chi connectivity index (χ1) is 17.0. The minimum Gasteiger partial charge on any atom is -0.371 e. The molecule has 0 unspecified atom stereocenters. The van der Waals surface area contributed by atoms with Crippen molar-refractivity contribution in [1.82, 2.24) is 15.5 Å². The molecule has 35 heavy (non-hydrogen) atoms. The van der Waals surface area contributed by atoms with Crippen molar-refractivity contribution in [2.24, 2.45) is 11.8 Å². The molecule has 3 rings (SSSR count). The summed E-state index contributed by atoms with van der Waals surface area (Å²) in [7, 11) is 1.95. The van der Waals surface area contributed by atoms with Crippen LogP contribution in [0.1, 0.15) is 58.3 Å². The first-order valence-electron chi connectivity index (χ1n) is 13.3.